The van der Waals surface area contributed by atoms with Gasteiger partial charge in [-0.25, -0.2) is 4.79 Å². The zero-order valence-electron chi connectivity index (χ0n) is 10.2. The summed E-state index contributed by atoms with van der Waals surface area (Å²) in [5, 5.41) is 8.85. The maximum atomic E-state index is 11.3. The lowest BCUT2D eigenvalue weighted by Crippen LogP contribution is -2.36. The molecule has 1 aromatic heterocycles. The summed E-state index contributed by atoms with van der Waals surface area (Å²) in [7, 11) is 0. The SMILES string of the molecule is CC1(C(N)=O)CCN(Cc2ccc(C(=O)O)s2)C1. The second kappa shape index (κ2) is 4.70. The lowest BCUT2D eigenvalue weighted by Gasteiger charge is -2.20. The zero-order valence-corrected chi connectivity index (χ0v) is 11.0. The van der Waals surface area contributed by atoms with Gasteiger partial charge in [-0.3, -0.25) is 9.69 Å². The Bertz CT molecular complexity index is 485. The van der Waals surface area contributed by atoms with Gasteiger partial charge in [-0.1, -0.05) is 0 Å². The Morgan fingerprint density at radius 1 is 1.56 bits per heavy atom. The van der Waals surface area contributed by atoms with Crippen LogP contribution in [-0.4, -0.2) is 35.0 Å². The van der Waals surface area contributed by atoms with Crippen LogP contribution in [0.3, 0.4) is 0 Å². The second-order valence-electron chi connectivity index (χ2n) is 4.96. The number of hydrogen-bond acceptors (Lipinski definition) is 4. The van der Waals surface area contributed by atoms with Crippen LogP contribution in [0.4, 0.5) is 0 Å². The molecule has 0 aliphatic carbocycles. The molecule has 0 bridgehead atoms. The molecule has 1 saturated heterocycles. The largest absolute Gasteiger partial charge is 0.477 e. The highest BCUT2D eigenvalue weighted by atomic mass is 32.1. The molecule has 18 heavy (non-hydrogen) atoms. The van der Waals surface area contributed by atoms with Gasteiger partial charge in [0.15, 0.2) is 0 Å². The van der Waals surface area contributed by atoms with Crippen molar-refractivity contribution in [2.24, 2.45) is 11.1 Å². The highest BCUT2D eigenvalue weighted by Gasteiger charge is 2.38. The van der Waals surface area contributed by atoms with Gasteiger partial charge < -0.3 is 10.8 Å². The van der Waals surface area contributed by atoms with E-state index in [2.05, 4.69) is 4.90 Å². The van der Waals surface area contributed by atoms with Crippen LogP contribution >= 0.6 is 11.3 Å². The first kappa shape index (κ1) is 13.0. The number of carboxylic acid groups (broad SMARTS) is 1. The maximum Gasteiger partial charge on any atom is 0.345 e. The van der Waals surface area contributed by atoms with E-state index in [0.717, 1.165) is 17.8 Å². The number of hydrogen-bond donors (Lipinski definition) is 2. The molecule has 1 aromatic rings. The molecular weight excluding hydrogens is 252 g/mol. The Morgan fingerprint density at radius 3 is 2.78 bits per heavy atom. The minimum Gasteiger partial charge on any atom is -0.477 e. The van der Waals surface area contributed by atoms with Crippen molar-refractivity contribution in [1.82, 2.24) is 4.90 Å². The van der Waals surface area contributed by atoms with E-state index in [1.54, 1.807) is 6.07 Å². The smallest absolute Gasteiger partial charge is 0.345 e. The molecule has 1 unspecified atom stereocenters. The fourth-order valence-electron chi connectivity index (χ4n) is 2.19. The number of amides is 1. The van der Waals surface area contributed by atoms with Gasteiger partial charge in [0.05, 0.1) is 5.41 Å². The lowest BCUT2D eigenvalue weighted by atomic mass is 9.89. The predicted molar refractivity (Wildman–Crippen MR) is 68.5 cm³/mol. The maximum absolute atomic E-state index is 11.3. The average Bonchev–Trinajstić information content (AvgIpc) is 2.87. The first-order valence-electron chi connectivity index (χ1n) is 5.75. The number of carbonyl (C=O) groups excluding carboxylic acids is 1. The van der Waals surface area contributed by atoms with Gasteiger partial charge in [-0.2, -0.15) is 0 Å². The van der Waals surface area contributed by atoms with Crippen LogP contribution < -0.4 is 5.73 Å². The van der Waals surface area contributed by atoms with Crippen molar-refractivity contribution in [3.05, 3.63) is 21.9 Å². The normalized spacial score (nSPS) is 24.3. The number of nitrogens with two attached hydrogens (primary N) is 1. The third kappa shape index (κ3) is 2.54. The van der Waals surface area contributed by atoms with Crippen molar-refractivity contribution in [2.45, 2.75) is 19.9 Å². The molecule has 2 heterocycles. The number of nitrogens with zero attached hydrogens (tertiary/aromatic N) is 1. The van der Waals surface area contributed by atoms with Crippen LogP contribution in [0.15, 0.2) is 12.1 Å². The molecule has 1 aliphatic rings. The van der Waals surface area contributed by atoms with Gasteiger partial charge in [0.2, 0.25) is 5.91 Å². The Hall–Kier alpha value is -1.40. The molecule has 6 heteroatoms. The average molecular weight is 268 g/mol. The van der Waals surface area contributed by atoms with Crippen molar-refractivity contribution < 1.29 is 14.7 Å². The number of carbonyl (C=O) groups is 2. The van der Waals surface area contributed by atoms with Crippen molar-refractivity contribution in [2.75, 3.05) is 13.1 Å². The number of aromatic carboxylic acids is 1. The van der Waals surface area contributed by atoms with E-state index in [-0.39, 0.29) is 5.91 Å². The van der Waals surface area contributed by atoms with E-state index >= 15 is 0 Å². The van der Waals surface area contributed by atoms with E-state index in [1.165, 1.54) is 11.3 Å². The Labute approximate surface area is 109 Å². The van der Waals surface area contributed by atoms with Crippen LogP contribution in [0.5, 0.6) is 0 Å². The molecule has 0 saturated carbocycles. The van der Waals surface area contributed by atoms with Gasteiger partial charge in [-0.05, 0) is 32.0 Å². The lowest BCUT2D eigenvalue weighted by molar-refractivity contribution is -0.126. The quantitative estimate of drug-likeness (QED) is 0.857. The van der Waals surface area contributed by atoms with E-state index in [0.29, 0.717) is 18.0 Å². The molecule has 1 fully saturated rings. The van der Waals surface area contributed by atoms with Crippen LogP contribution in [0, 0.1) is 5.41 Å². The predicted octanol–water partition coefficient (Wildman–Crippen LogP) is 1.14. The van der Waals surface area contributed by atoms with E-state index in [9.17, 15) is 9.59 Å². The number of primary amides is 1. The molecule has 0 spiro atoms. The summed E-state index contributed by atoms with van der Waals surface area (Å²) >= 11 is 1.28. The third-order valence-corrected chi connectivity index (χ3v) is 4.46. The van der Waals surface area contributed by atoms with Gasteiger partial charge >= 0.3 is 5.97 Å². The van der Waals surface area contributed by atoms with E-state index < -0.39 is 11.4 Å². The summed E-state index contributed by atoms with van der Waals surface area (Å²) in [6.45, 7) is 4.02. The van der Waals surface area contributed by atoms with Crippen LogP contribution in [0.25, 0.3) is 0 Å². The Balaban J connectivity index is 1.99. The van der Waals surface area contributed by atoms with E-state index in [4.69, 9.17) is 10.8 Å². The molecule has 0 radical (unpaired) electrons. The van der Waals surface area contributed by atoms with Gasteiger partial charge in [-0.15, -0.1) is 11.3 Å². The van der Waals surface area contributed by atoms with Crippen molar-refractivity contribution in [1.29, 1.82) is 0 Å². The standard InChI is InChI=1S/C12H16N2O3S/c1-12(11(13)17)4-5-14(7-12)6-8-2-3-9(18-8)10(15)16/h2-3H,4-7H2,1H3,(H2,13,17)(H,15,16). The highest BCUT2D eigenvalue weighted by molar-refractivity contribution is 7.13. The minimum absolute atomic E-state index is 0.262. The summed E-state index contributed by atoms with van der Waals surface area (Å²) in [5.74, 6) is -1.16. The molecular formula is C12H16N2O3S. The molecule has 1 amide bonds. The zero-order chi connectivity index (χ0) is 13.3. The first-order chi connectivity index (χ1) is 8.40. The van der Waals surface area contributed by atoms with Crippen LogP contribution in [0.1, 0.15) is 27.9 Å². The number of thiophene rings is 1. The topological polar surface area (TPSA) is 83.6 Å². The van der Waals surface area contributed by atoms with Crippen molar-refractivity contribution in [3.63, 3.8) is 0 Å². The first-order valence-corrected chi connectivity index (χ1v) is 6.57. The van der Waals surface area contributed by atoms with Crippen molar-refractivity contribution in [3.8, 4) is 0 Å². The summed E-state index contributed by atoms with van der Waals surface area (Å²) in [4.78, 5) is 25.6. The summed E-state index contributed by atoms with van der Waals surface area (Å²) < 4.78 is 0. The minimum atomic E-state index is -0.894. The molecule has 98 valence electrons. The number of likely N-dealkylation sites (tertiary alicyclic amines) is 1. The third-order valence-electron chi connectivity index (χ3n) is 3.40. The summed E-state index contributed by atoms with van der Waals surface area (Å²) in [5.41, 5.74) is 4.94. The van der Waals surface area contributed by atoms with Crippen LogP contribution in [0.2, 0.25) is 0 Å². The fraction of sp³-hybridized carbons (Fsp3) is 0.500. The highest BCUT2D eigenvalue weighted by Crippen LogP contribution is 2.31. The van der Waals surface area contributed by atoms with Gasteiger partial charge in [0.25, 0.3) is 0 Å². The number of rotatable bonds is 4. The number of carboxylic acids is 1. The fourth-order valence-corrected chi connectivity index (χ4v) is 3.08. The van der Waals surface area contributed by atoms with Crippen LogP contribution in [-0.2, 0) is 11.3 Å². The van der Waals surface area contributed by atoms with Gasteiger partial charge in [0.1, 0.15) is 4.88 Å². The van der Waals surface area contributed by atoms with E-state index in [1.807, 2.05) is 13.0 Å². The molecule has 3 N–H and O–H groups in total. The van der Waals surface area contributed by atoms with Crippen molar-refractivity contribution >= 4 is 23.2 Å². The molecule has 2 rings (SSSR count). The molecule has 5 nitrogen and oxygen atoms in total. The Morgan fingerprint density at radius 2 is 2.28 bits per heavy atom. The molecule has 1 aliphatic heterocycles. The molecule has 0 aromatic carbocycles. The second-order valence-corrected chi connectivity index (χ2v) is 6.13. The molecule has 1 atom stereocenters. The Kier molecular flexibility index (Phi) is 3.41. The summed E-state index contributed by atoms with van der Waals surface area (Å²) in [6.07, 6.45) is 0.763. The van der Waals surface area contributed by atoms with Gasteiger partial charge in [0, 0.05) is 18.0 Å². The monoisotopic (exact) mass is 268 g/mol. The summed E-state index contributed by atoms with van der Waals surface area (Å²) in [6, 6.07) is 3.44.